The van der Waals surface area contributed by atoms with E-state index in [1.807, 2.05) is 49.4 Å². The Labute approximate surface area is 107 Å². The quantitative estimate of drug-likeness (QED) is 0.892. The van der Waals surface area contributed by atoms with Gasteiger partial charge in [-0.2, -0.15) is 0 Å². The number of carbonyl (C=O) groups excluding carboxylic acids is 1. The van der Waals surface area contributed by atoms with E-state index in [4.69, 9.17) is 0 Å². The molecule has 0 radical (unpaired) electrons. The van der Waals surface area contributed by atoms with E-state index in [9.17, 15) is 4.79 Å². The summed E-state index contributed by atoms with van der Waals surface area (Å²) in [5.74, 6) is -0.0916. The molecule has 1 atom stereocenters. The van der Waals surface area contributed by atoms with Gasteiger partial charge in [-0.1, -0.05) is 30.3 Å². The van der Waals surface area contributed by atoms with Gasteiger partial charge in [0.1, 0.15) is 0 Å². The van der Waals surface area contributed by atoms with Crippen LogP contribution in [0.25, 0.3) is 0 Å². The van der Waals surface area contributed by atoms with Crippen LogP contribution < -0.4 is 5.32 Å². The van der Waals surface area contributed by atoms with Gasteiger partial charge < -0.3 is 5.32 Å². The number of hydrogen-bond acceptors (Lipinski definition) is 2. The molecule has 0 saturated heterocycles. The lowest BCUT2D eigenvalue weighted by atomic mass is 10.0. The highest BCUT2D eigenvalue weighted by Crippen LogP contribution is 2.14. The average molecular weight is 240 g/mol. The molecule has 3 heteroatoms. The van der Waals surface area contributed by atoms with E-state index < -0.39 is 0 Å². The van der Waals surface area contributed by atoms with Crippen LogP contribution in [-0.2, 0) is 11.3 Å². The summed E-state index contributed by atoms with van der Waals surface area (Å²) in [6.45, 7) is 2.45. The Bertz CT molecular complexity index is 496. The maximum atomic E-state index is 12.0. The number of rotatable bonds is 4. The summed E-state index contributed by atoms with van der Waals surface area (Å²) in [5.41, 5.74) is 2.09. The zero-order valence-corrected chi connectivity index (χ0v) is 10.3. The van der Waals surface area contributed by atoms with Gasteiger partial charge in [-0.25, -0.2) is 0 Å². The van der Waals surface area contributed by atoms with E-state index in [0.717, 1.165) is 11.1 Å². The van der Waals surface area contributed by atoms with Gasteiger partial charge in [0.15, 0.2) is 0 Å². The highest BCUT2D eigenvalue weighted by molar-refractivity contribution is 5.83. The highest BCUT2D eigenvalue weighted by Gasteiger charge is 2.13. The molecule has 0 spiro atoms. The molecule has 1 aromatic carbocycles. The number of benzene rings is 1. The second-order valence-electron chi connectivity index (χ2n) is 4.21. The van der Waals surface area contributed by atoms with Gasteiger partial charge in [-0.3, -0.25) is 9.78 Å². The predicted molar refractivity (Wildman–Crippen MR) is 70.9 cm³/mol. The molecular weight excluding hydrogens is 224 g/mol. The fraction of sp³-hybridized carbons (Fsp3) is 0.200. The van der Waals surface area contributed by atoms with Crippen LogP contribution in [-0.4, -0.2) is 10.9 Å². The van der Waals surface area contributed by atoms with Crippen LogP contribution in [0, 0.1) is 0 Å². The third kappa shape index (κ3) is 3.17. The Balaban J connectivity index is 1.93. The zero-order valence-electron chi connectivity index (χ0n) is 10.3. The van der Waals surface area contributed by atoms with Crippen LogP contribution >= 0.6 is 0 Å². The number of hydrogen-bond donors (Lipinski definition) is 1. The molecular formula is C15H16N2O. The summed E-state index contributed by atoms with van der Waals surface area (Å²) >= 11 is 0. The van der Waals surface area contributed by atoms with E-state index in [2.05, 4.69) is 10.3 Å². The maximum absolute atomic E-state index is 12.0. The van der Waals surface area contributed by atoms with E-state index >= 15 is 0 Å². The number of nitrogens with one attached hydrogen (secondary N) is 1. The Kier molecular flexibility index (Phi) is 4.07. The molecule has 2 aromatic rings. The Morgan fingerprint density at radius 3 is 2.50 bits per heavy atom. The molecule has 0 aliphatic heterocycles. The molecule has 1 heterocycles. The molecule has 18 heavy (non-hydrogen) atoms. The smallest absolute Gasteiger partial charge is 0.227 e. The topological polar surface area (TPSA) is 42.0 Å². The zero-order chi connectivity index (χ0) is 12.8. The van der Waals surface area contributed by atoms with Crippen LogP contribution in [0.2, 0.25) is 0 Å². The Hall–Kier alpha value is -2.16. The fourth-order valence-electron chi connectivity index (χ4n) is 1.74. The standard InChI is InChI=1S/C15H16N2O/c1-12(14-5-3-2-4-6-14)15(18)17-11-13-7-9-16-10-8-13/h2-10,12H,11H2,1H3,(H,17,18). The van der Waals surface area contributed by atoms with Crippen LogP contribution in [0.15, 0.2) is 54.9 Å². The molecule has 0 aliphatic carbocycles. The summed E-state index contributed by atoms with van der Waals surface area (Å²) < 4.78 is 0. The lowest BCUT2D eigenvalue weighted by Crippen LogP contribution is -2.27. The van der Waals surface area contributed by atoms with Gasteiger partial charge in [-0.05, 0) is 30.2 Å². The third-order valence-electron chi connectivity index (χ3n) is 2.91. The first-order valence-electron chi connectivity index (χ1n) is 5.99. The fourth-order valence-corrected chi connectivity index (χ4v) is 1.74. The minimum atomic E-state index is -0.131. The van der Waals surface area contributed by atoms with Crippen molar-refractivity contribution in [2.45, 2.75) is 19.4 Å². The summed E-state index contributed by atoms with van der Waals surface area (Å²) in [5, 5.41) is 2.93. The van der Waals surface area contributed by atoms with E-state index in [0.29, 0.717) is 6.54 Å². The number of nitrogens with zero attached hydrogens (tertiary/aromatic N) is 1. The highest BCUT2D eigenvalue weighted by atomic mass is 16.1. The van der Waals surface area contributed by atoms with E-state index in [-0.39, 0.29) is 11.8 Å². The van der Waals surface area contributed by atoms with Crippen molar-refractivity contribution < 1.29 is 4.79 Å². The van der Waals surface area contributed by atoms with Crippen molar-refractivity contribution in [3.63, 3.8) is 0 Å². The van der Waals surface area contributed by atoms with E-state index in [1.54, 1.807) is 12.4 Å². The average Bonchev–Trinajstić information content (AvgIpc) is 2.46. The van der Waals surface area contributed by atoms with Crippen molar-refractivity contribution in [3.05, 3.63) is 66.0 Å². The third-order valence-corrected chi connectivity index (χ3v) is 2.91. The monoisotopic (exact) mass is 240 g/mol. The van der Waals surface area contributed by atoms with Crippen molar-refractivity contribution in [3.8, 4) is 0 Å². The second kappa shape index (κ2) is 5.96. The minimum Gasteiger partial charge on any atom is -0.352 e. The van der Waals surface area contributed by atoms with Crippen molar-refractivity contribution in [2.75, 3.05) is 0 Å². The summed E-state index contributed by atoms with van der Waals surface area (Å²) in [7, 11) is 0. The molecule has 92 valence electrons. The number of amides is 1. The summed E-state index contributed by atoms with van der Waals surface area (Å²) in [4.78, 5) is 15.9. The molecule has 0 aliphatic rings. The van der Waals surface area contributed by atoms with Gasteiger partial charge in [0, 0.05) is 18.9 Å². The van der Waals surface area contributed by atoms with E-state index in [1.165, 1.54) is 0 Å². The van der Waals surface area contributed by atoms with Gasteiger partial charge in [-0.15, -0.1) is 0 Å². The molecule has 0 fully saturated rings. The van der Waals surface area contributed by atoms with Gasteiger partial charge in [0.25, 0.3) is 0 Å². The van der Waals surface area contributed by atoms with Crippen LogP contribution in [0.1, 0.15) is 24.0 Å². The first kappa shape index (κ1) is 12.3. The molecule has 1 unspecified atom stereocenters. The molecule has 0 bridgehead atoms. The lowest BCUT2D eigenvalue weighted by Gasteiger charge is -2.12. The summed E-state index contributed by atoms with van der Waals surface area (Å²) in [6, 6.07) is 13.6. The molecule has 1 aromatic heterocycles. The predicted octanol–water partition coefficient (Wildman–Crippen LogP) is 2.50. The van der Waals surface area contributed by atoms with Crippen LogP contribution in [0.4, 0.5) is 0 Å². The Morgan fingerprint density at radius 2 is 1.83 bits per heavy atom. The second-order valence-corrected chi connectivity index (χ2v) is 4.21. The SMILES string of the molecule is CC(C(=O)NCc1ccncc1)c1ccccc1. The van der Waals surface area contributed by atoms with Gasteiger partial charge in [0.05, 0.1) is 5.92 Å². The molecule has 2 rings (SSSR count). The van der Waals surface area contributed by atoms with Gasteiger partial charge >= 0.3 is 0 Å². The molecule has 1 amide bonds. The number of pyridine rings is 1. The first-order chi connectivity index (χ1) is 8.77. The normalized spacial score (nSPS) is 11.8. The molecule has 0 saturated carbocycles. The van der Waals surface area contributed by atoms with Crippen molar-refractivity contribution in [1.82, 2.24) is 10.3 Å². The maximum Gasteiger partial charge on any atom is 0.227 e. The Morgan fingerprint density at radius 1 is 1.17 bits per heavy atom. The molecule has 3 nitrogen and oxygen atoms in total. The first-order valence-corrected chi connectivity index (χ1v) is 5.99. The number of aromatic nitrogens is 1. The number of carbonyl (C=O) groups is 1. The van der Waals surface area contributed by atoms with Crippen molar-refractivity contribution in [1.29, 1.82) is 0 Å². The largest absolute Gasteiger partial charge is 0.352 e. The van der Waals surface area contributed by atoms with Crippen LogP contribution in [0.5, 0.6) is 0 Å². The summed E-state index contributed by atoms with van der Waals surface area (Å²) in [6.07, 6.45) is 3.45. The minimum absolute atomic E-state index is 0.0398. The van der Waals surface area contributed by atoms with Crippen LogP contribution in [0.3, 0.4) is 0 Å². The van der Waals surface area contributed by atoms with Crippen molar-refractivity contribution in [2.24, 2.45) is 0 Å². The molecule has 1 N–H and O–H groups in total. The van der Waals surface area contributed by atoms with Gasteiger partial charge in [0.2, 0.25) is 5.91 Å². The van der Waals surface area contributed by atoms with Crippen molar-refractivity contribution >= 4 is 5.91 Å². The lowest BCUT2D eigenvalue weighted by molar-refractivity contribution is -0.122.